The summed E-state index contributed by atoms with van der Waals surface area (Å²) < 4.78 is 29.0. The van der Waals surface area contributed by atoms with E-state index in [4.69, 9.17) is 0 Å². The van der Waals surface area contributed by atoms with E-state index in [9.17, 15) is 13.6 Å². The first-order valence-corrected chi connectivity index (χ1v) is 10.9. The maximum atomic E-state index is 14.0. The van der Waals surface area contributed by atoms with E-state index < -0.39 is 17.7 Å². The molecule has 162 valence electrons. The Bertz CT molecular complexity index is 1220. The molecular weight excluding hydrogens is 430 g/mol. The van der Waals surface area contributed by atoms with Gasteiger partial charge in [-0.1, -0.05) is 66.4 Å². The Morgan fingerprint density at radius 1 is 1.00 bits per heavy atom. The van der Waals surface area contributed by atoms with Gasteiger partial charge in [0.1, 0.15) is 11.6 Å². The number of carbonyl (C=O) groups is 1. The van der Waals surface area contributed by atoms with Crippen LogP contribution in [0.25, 0.3) is 17.1 Å². The van der Waals surface area contributed by atoms with Crippen LogP contribution in [0, 0.1) is 11.6 Å². The predicted molar refractivity (Wildman–Crippen MR) is 120 cm³/mol. The lowest BCUT2D eigenvalue weighted by molar-refractivity contribution is -0.119. The van der Waals surface area contributed by atoms with Crippen molar-refractivity contribution < 1.29 is 13.6 Å². The highest BCUT2D eigenvalue weighted by Gasteiger charge is 2.19. The zero-order valence-corrected chi connectivity index (χ0v) is 18.0. The summed E-state index contributed by atoms with van der Waals surface area (Å²) in [5.41, 5.74) is 2.00. The van der Waals surface area contributed by atoms with Crippen molar-refractivity contribution in [3.05, 3.63) is 96.1 Å². The molecule has 1 N–H and O–H groups in total. The van der Waals surface area contributed by atoms with Crippen LogP contribution in [0.5, 0.6) is 0 Å². The number of aromatic nitrogens is 3. The van der Waals surface area contributed by atoms with Gasteiger partial charge in [0.05, 0.1) is 11.8 Å². The summed E-state index contributed by atoms with van der Waals surface area (Å²) in [6.45, 7) is 1.65. The van der Waals surface area contributed by atoms with Crippen molar-refractivity contribution in [3.8, 4) is 17.1 Å². The number of para-hydroxylation sites is 1. The number of nitrogens with one attached hydrogen (secondary N) is 1. The Labute approximate surface area is 188 Å². The Balaban J connectivity index is 1.52. The average molecular weight is 451 g/mol. The number of rotatable bonds is 7. The first-order chi connectivity index (χ1) is 15.5. The summed E-state index contributed by atoms with van der Waals surface area (Å²) in [6.07, 6.45) is 0. The predicted octanol–water partition coefficient (Wildman–Crippen LogP) is 5.18. The van der Waals surface area contributed by atoms with Gasteiger partial charge in [0.15, 0.2) is 11.0 Å². The van der Waals surface area contributed by atoms with E-state index in [2.05, 4.69) is 15.5 Å². The SMILES string of the molecule is CC(NC(=O)CSc1nnc(-c2ccccc2)n1-c1ccccc1)c1ccc(F)cc1F. The Morgan fingerprint density at radius 2 is 1.69 bits per heavy atom. The van der Waals surface area contributed by atoms with E-state index in [1.54, 1.807) is 6.92 Å². The number of nitrogens with zero attached hydrogens (tertiary/aromatic N) is 3. The lowest BCUT2D eigenvalue weighted by Crippen LogP contribution is -2.28. The second-order valence-electron chi connectivity index (χ2n) is 7.09. The van der Waals surface area contributed by atoms with Crippen LogP contribution in [0.3, 0.4) is 0 Å². The van der Waals surface area contributed by atoms with Crippen molar-refractivity contribution in [3.63, 3.8) is 0 Å². The lowest BCUT2D eigenvalue weighted by atomic mass is 10.1. The molecule has 0 saturated carbocycles. The molecule has 1 unspecified atom stereocenters. The quantitative estimate of drug-likeness (QED) is 0.394. The van der Waals surface area contributed by atoms with E-state index in [1.807, 2.05) is 65.2 Å². The van der Waals surface area contributed by atoms with Crippen molar-refractivity contribution in [1.29, 1.82) is 0 Å². The molecule has 0 aliphatic carbocycles. The molecule has 3 aromatic carbocycles. The molecule has 1 heterocycles. The molecule has 0 bridgehead atoms. The monoisotopic (exact) mass is 450 g/mol. The lowest BCUT2D eigenvalue weighted by Gasteiger charge is -2.15. The second kappa shape index (κ2) is 9.74. The van der Waals surface area contributed by atoms with E-state index in [-0.39, 0.29) is 17.2 Å². The fourth-order valence-corrected chi connectivity index (χ4v) is 4.05. The van der Waals surface area contributed by atoms with Crippen molar-refractivity contribution in [2.75, 3.05) is 5.75 Å². The molecular formula is C24H20F2N4OS. The molecule has 0 aliphatic rings. The number of benzene rings is 3. The summed E-state index contributed by atoms with van der Waals surface area (Å²) in [4.78, 5) is 12.5. The molecule has 5 nitrogen and oxygen atoms in total. The minimum Gasteiger partial charge on any atom is -0.349 e. The van der Waals surface area contributed by atoms with Crippen LogP contribution in [0.15, 0.2) is 84.0 Å². The van der Waals surface area contributed by atoms with Gasteiger partial charge in [-0.05, 0) is 25.1 Å². The number of carbonyl (C=O) groups excluding carboxylic acids is 1. The summed E-state index contributed by atoms with van der Waals surface area (Å²) in [6, 6.07) is 22.0. The molecule has 1 atom stereocenters. The van der Waals surface area contributed by atoms with Gasteiger partial charge in [0, 0.05) is 22.9 Å². The summed E-state index contributed by atoms with van der Waals surface area (Å²) in [5.74, 6) is -0.916. The van der Waals surface area contributed by atoms with Crippen molar-refractivity contribution in [2.45, 2.75) is 18.1 Å². The van der Waals surface area contributed by atoms with E-state index in [1.165, 1.54) is 23.9 Å². The number of hydrogen-bond donors (Lipinski definition) is 1. The van der Waals surface area contributed by atoms with Gasteiger partial charge in [-0.25, -0.2) is 8.78 Å². The van der Waals surface area contributed by atoms with Crippen LogP contribution < -0.4 is 5.32 Å². The van der Waals surface area contributed by atoms with E-state index in [0.717, 1.165) is 17.3 Å². The third-order valence-corrected chi connectivity index (χ3v) is 5.75. The van der Waals surface area contributed by atoms with Crippen LogP contribution in [0.2, 0.25) is 0 Å². The van der Waals surface area contributed by atoms with E-state index >= 15 is 0 Å². The Kier molecular flexibility index (Phi) is 6.61. The van der Waals surface area contributed by atoms with Crippen LogP contribution in [0.1, 0.15) is 18.5 Å². The topological polar surface area (TPSA) is 59.8 Å². The van der Waals surface area contributed by atoms with Gasteiger partial charge in [0.2, 0.25) is 5.91 Å². The minimum atomic E-state index is -0.693. The highest BCUT2D eigenvalue weighted by molar-refractivity contribution is 7.99. The summed E-state index contributed by atoms with van der Waals surface area (Å²) in [7, 11) is 0. The molecule has 0 spiro atoms. The third kappa shape index (κ3) is 4.86. The molecule has 0 aliphatic heterocycles. The van der Waals surface area contributed by atoms with Gasteiger partial charge in [0.25, 0.3) is 0 Å². The first-order valence-electron chi connectivity index (χ1n) is 9.96. The average Bonchev–Trinajstić information content (AvgIpc) is 3.23. The smallest absolute Gasteiger partial charge is 0.230 e. The fourth-order valence-electron chi connectivity index (χ4n) is 3.29. The molecule has 8 heteroatoms. The normalized spacial score (nSPS) is 11.8. The standard InChI is InChI=1S/C24H20F2N4OS/c1-16(20-13-12-18(25)14-21(20)26)27-22(31)15-32-24-29-28-23(17-8-4-2-5-9-17)30(24)19-10-6-3-7-11-19/h2-14,16H,15H2,1H3,(H,27,31). The largest absolute Gasteiger partial charge is 0.349 e. The number of thioether (sulfide) groups is 1. The number of halogens is 2. The number of amides is 1. The Morgan fingerprint density at radius 3 is 2.38 bits per heavy atom. The molecule has 1 amide bonds. The zero-order chi connectivity index (χ0) is 22.5. The molecule has 4 rings (SSSR count). The van der Waals surface area contributed by atoms with Gasteiger partial charge in [-0.3, -0.25) is 9.36 Å². The zero-order valence-electron chi connectivity index (χ0n) is 17.2. The summed E-state index contributed by atoms with van der Waals surface area (Å²) in [5, 5.41) is 11.9. The molecule has 0 fully saturated rings. The van der Waals surface area contributed by atoms with Crippen molar-refractivity contribution in [1.82, 2.24) is 20.1 Å². The van der Waals surface area contributed by atoms with Gasteiger partial charge < -0.3 is 5.32 Å². The van der Waals surface area contributed by atoms with Crippen LogP contribution in [0.4, 0.5) is 8.78 Å². The molecule has 4 aromatic rings. The first kappa shape index (κ1) is 21.7. The second-order valence-corrected chi connectivity index (χ2v) is 8.03. The van der Waals surface area contributed by atoms with Gasteiger partial charge in [-0.15, -0.1) is 10.2 Å². The minimum absolute atomic E-state index is 0.0624. The van der Waals surface area contributed by atoms with Gasteiger partial charge in [-0.2, -0.15) is 0 Å². The van der Waals surface area contributed by atoms with Crippen LogP contribution >= 0.6 is 11.8 Å². The molecule has 1 aromatic heterocycles. The number of hydrogen-bond acceptors (Lipinski definition) is 4. The van der Waals surface area contributed by atoms with Crippen LogP contribution in [-0.4, -0.2) is 26.4 Å². The highest BCUT2D eigenvalue weighted by atomic mass is 32.2. The van der Waals surface area contributed by atoms with Gasteiger partial charge >= 0.3 is 0 Å². The highest BCUT2D eigenvalue weighted by Crippen LogP contribution is 2.28. The molecule has 0 saturated heterocycles. The van der Waals surface area contributed by atoms with Crippen molar-refractivity contribution >= 4 is 17.7 Å². The van der Waals surface area contributed by atoms with E-state index in [0.29, 0.717) is 11.0 Å². The third-order valence-electron chi connectivity index (χ3n) is 4.82. The molecule has 32 heavy (non-hydrogen) atoms. The fraction of sp³-hybridized carbons (Fsp3) is 0.125. The van der Waals surface area contributed by atoms with Crippen LogP contribution in [-0.2, 0) is 4.79 Å². The maximum Gasteiger partial charge on any atom is 0.230 e. The summed E-state index contributed by atoms with van der Waals surface area (Å²) >= 11 is 1.23. The van der Waals surface area contributed by atoms with Crippen molar-refractivity contribution in [2.24, 2.45) is 0 Å². The molecule has 0 radical (unpaired) electrons. The Hall–Kier alpha value is -3.52. The maximum absolute atomic E-state index is 14.0.